The third kappa shape index (κ3) is 3.92. The summed E-state index contributed by atoms with van der Waals surface area (Å²) >= 11 is 6.69. The largest absolute Gasteiger partial charge is 0.469 e. The van der Waals surface area contributed by atoms with Crippen molar-refractivity contribution in [1.82, 2.24) is 0 Å². The Kier molecular flexibility index (Phi) is 5.33. The van der Waals surface area contributed by atoms with Crippen molar-refractivity contribution in [2.24, 2.45) is 0 Å². The van der Waals surface area contributed by atoms with Gasteiger partial charge in [0.25, 0.3) is 0 Å². The first kappa shape index (κ1) is 14.4. The molecule has 0 spiro atoms. The van der Waals surface area contributed by atoms with Gasteiger partial charge in [0.05, 0.1) is 18.4 Å². The van der Waals surface area contributed by atoms with Crippen LogP contribution in [0.2, 0.25) is 0 Å². The van der Waals surface area contributed by atoms with Gasteiger partial charge in [-0.05, 0) is 24.1 Å². The van der Waals surface area contributed by atoms with E-state index in [0.717, 1.165) is 15.6 Å². The van der Waals surface area contributed by atoms with Gasteiger partial charge in [0.15, 0.2) is 0 Å². The molecule has 0 amide bonds. The standard InChI is InChI=1S/C12H12Br2O3/c1-7(15)12(14)9-4-3-8(10(13)5-9)6-11(16)17-2/h3-5,12H,6H2,1-2H3. The molecule has 17 heavy (non-hydrogen) atoms. The van der Waals surface area contributed by atoms with Crippen LogP contribution in [0.5, 0.6) is 0 Å². The highest BCUT2D eigenvalue weighted by molar-refractivity contribution is 9.10. The maximum atomic E-state index is 11.2. The molecule has 0 heterocycles. The highest BCUT2D eigenvalue weighted by Crippen LogP contribution is 2.28. The SMILES string of the molecule is COC(=O)Cc1ccc(C(Br)C(C)=O)cc1Br. The first-order valence-corrected chi connectivity index (χ1v) is 6.66. The zero-order valence-corrected chi connectivity index (χ0v) is 12.7. The number of ketones is 1. The number of carbonyl (C=O) groups is 2. The van der Waals surface area contributed by atoms with Crippen LogP contribution in [0.3, 0.4) is 0 Å². The highest BCUT2D eigenvalue weighted by Gasteiger charge is 2.14. The van der Waals surface area contributed by atoms with Gasteiger partial charge in [-0.1, -0.05) is 44.0 Å². The van der Waals surface area contributed by atoms with Crippen LogP contribution in [0.15, 0.2) is 22.7 Å². The van der Waals surface area contributed by atoms with E-state index in [1.807, 2.05) is 18.2 Å². The molecule has 1 atom stereocenters. The van der Waals surface area contributed by atoms with E-state index in [9.17, 15) is 9.59 Å². The van der Waals surface area contributed by atoms with Gasteiger partial charge in [0, 0.05) is 4.47 Å². The zero-order valence-electron chi connectivity index (χ0n) is 9.50. The first-order chi connectivity index (χ1) is 7.95. The molecule has 0 saturated heterocycles. The Bertz CT molecular complexity index is 443. The number of esters is 1. The van der Waals surface area contributed by atoms with Crippen LogP contribution in [0.1, 0.15) is 22.9 Å². The quantitative estimate of drug-likeness (QED) is 0.609. The molecule has 1 aromatic carbocycles. The van der Waals surface area contributed by atoms with Crippen LogP contribution >= 0.6 is 31.9 Å². The summed E-state index contributed by atoms with van der Waals surface area (Å²) in [6, 6.07) is 5.47. The fraction of sp³-hybridized carbons (Fsp3) is 0.333. The van der Waals surface area contributed by atoms with Crippen molar-refractivity contribution in [2.75, 3.05) is 7.11 Å². The van der Waals surface area contributed by atoms with Crippen LogP contribution < -0.4 is 0 Å². The Balaban J connectivity index is 2.93. The number of Topliss-reactive ketones (excluding diaryl/α,β-unsaturated/α-hetero) is 1. The van der Waals surface area contributed by atoms with Crippen molar-refractivity contribution in [3.8, 4) is 0 Å². The summed E-state index contributed by atoms with van der Waals surface area (Å²) in [5, 5.41) is 0. The maximum absolute atomic E-state index is 11.2. The fourth-order valence-corrected chi connectivity index (χ4v) is 2.15. The summed E-state index contributed by atoms with van der Waals surface area (Å²) in [6.07, 6.45) is 0.213. The lowest BCUT2D eigenvalue weighted by atomic mass is 10.1. The Morgan fingerprint density at radius 2 is 2.06 bits per heavy atom. The van der Waals surface area contributed by atoms with Gasteiger partial charge in [-0.2, -0.15) is 0 Å². The third-order valence-electron chi connectivity index (χ3n) is 2.29. The lowest BCUT2D eigenvalue weighted by molar-refractivity contribution is -0.139. The van der Waals surface area contributed by atoms with Gasteiger partial charge in [0.2, 0.25) is 0 Å². The smallest absolute Gasteiger partial charge is 0.310 e. The fourth-order valence-electron chi connectivity index (χ4n) is 1.33. The molecule has 0 fully saturated rings. The number of halogens is 2. The summed E-state index contributed by atoms with van der Waals surface area (Å²) in [7, 11) is 1.36. The van der Waals surface area contributed by atoms with E-state index >= 15 is 0 Å². The van der Waals surface area contributed by atoms with Crippen LogP contribution in [0.4, 0.5) is 0 Å². The number of hydrogen-bond donors (Lipinski definition) is 0. The second-order valence-corrected chi connectivity index (χ2v) is 5.35. The molecule has 0 N–H and O–H groups in total. The molecule has 0 aliphatic heterocycles. The van der Waals surface area contributed by atoms with Gasteiger partial charge < -0.3 is 4.74 Å². The van der Waals surface area contributed by atoms with Gasteiger partial charge in [-0.3, -0.25) is 9.59 Å². The molecule has 0 aliphatic carbocycles. The molecule has 0 saturated carbocycles. The summed E-state index contributed by atoms with van der Waals surface area (Å²) in [5.41, 5.74) is 1.70. The van der Waals surface area contributed by atoms with Crippen LogP contribution in [0, 0.1) is 0 Å². The van der Waals surface area contributed by atoms with Crippen molar-refractivity contribution >= 4 is 43.6 Å². The van der Waals surface area contributed by atoms with E-state index < -0.39 is 0 Å². The number of alkyl halides is 1. The van der Waals surface area contributed by atoms with Crippen LogP contribution in [-0.2, 0) is 20.7 Å². The number of carbonyl (C=O) groups excluding carboxylic acids is 2. The molecular formula is C12H12Br2O3. The molecule has 1 rings (SSSR count). The normalized spacial score (nSPS) is 12.0. The zero-order chi connectivity index (χ0) is 13.0. The Morgan fingerprint density at radius 1 is 1.41 bits per heavy atom. The van der Waals surface area contributed by atoms with E-state index in [-0.39, 0.29) is 23.0 Å². The lowest BCUT2D eigenvalue weighted by Gasteiger charge is -2.09. The third-order valence-corrected chi connectivity index (χ3v) is 4.20. The molecule has 0 aromatic heterocycles. The van der Waals surface area contributed by atoms with Gasteiger partial charge in [-0.15, -0.1) is 0 Å². The second kappa shape index (κ2) is 6.31. The van der Waals surface area contributed by atoms with E-state index in [1.54, 1.807) is 0 Å². The Morgan fingerprint density at radius 3 is 2.53 bits per heavy atom. The van der Waals surface area contributed by atoms with Gasteiger partial charge >= 0.3 is 5.97 Å². The monoisotopic (exact) mass is 362 g/mol. The first-order valence-electron chi connectivity index (χ1n) is 4.95. The average molecular weight is 364 g/mol. The molecule has 5 heteroatoms. The van der Waals surface area contributed by atoms with Crippen molar-refractivity contribution in [3.63, 3.8) is 0 Å². The van der Waals surface area contributed by atoms with Crippen molar-refractivity contribution in [2.45, 2.75) is 18.2 Å². The molecule has 0 aliphatic rings. The summed E-state index contributed by atoms with van der Waals surface area (Å²) < 4.78 is 5.40. The molecule has 1 unspecified atom stereocenters. The minimum Gasteiger partial charge on any atom is -0.469 e. The minimum atomic E-state index is -0.314. The van der Waals surface area contributed by atoms with Crippen molar-refractivity contribution in [1.29, 1.82) is 0 Å². The number of ether oxygens (including phenoxy) is 1. The highest BCUT2D eigenvalue weighted by atomic mass is 79.9. The maximum Gasteiger partial charge on any atom is 0.310 e. The molecule has 0 radical (unpaired) electrons. The van der Waals surface area contributed by atoms with E-state index in [4.69, 9.17) is 0 Å². The topological polar surface area (TPSA) is 43.4 Å². The van der Waals surface area contributed by atoms with E-state index in [0.29, 0.717) is 0 Å². The Hall–Kier alpha value is -0.680. The second-order valence-electron chi connectivity index (χ2n) is 3.58. The molecule has 1 aromatic rings. The summed E-state index contributed by atoms with van der Waals surface area (Å²) in [5.74, 6) is -0.252. The van der Waals surface area contributed by atoms with Crippen molar-refractivity contribution < 1.29 is 14.3 Å². The number of benzene rings is 1. The van der Waals surface area contributed by atoms with Crippen LogP contribution in [0.25, 0.3) is 0 Å². The van der Waals surface area contributed by atoms with Gasteiger partial charge in [-0.25, -0.2) is 0 Å². The molecule has 3 nitrogen and oxygen atoms in total. The van der Waals surface area contributed by atoms with E-state index in [1.165, 1.54) is 14.0 Å². The average Bonchev–Trinajstić information content (AvgIpc) is 2.30. The van der Waals surface area contributed by atoms with Crippen molar-refractivity contribution in [3.05, 3.63) is 33.8 Å². The number of rotatable bonds is 4. The lowest BCUT2D eigenvalue weighted by Crippen LogP contribution is -2.06. The Labute approximate surface area is 117 Å². The van der Waals surface area contributed by atoms with Crippen LogP contribution in [-0.4, -0.2) is 18.9 Å². The molecule has 0 bridgehead atoms. The number of hydrogen-bond acceptors (Lipinski definition) is 3. The van der Waals surface area contributed by atoms with E-state index in [2.05, 4.69) is 36.6 Å². The summed E-state index contributed by atoms with van der Waals surface area (Å²) in [4.78, 5) is 22.1. The number of methoxy groups -OCH3 is 1. The predicted molar refractivity (Wildman–Crippen MR) is 72.2 cm³/mol. The molecule has 92 valence electrons. The predicted octanol–water partition coefficient (Wildman–Crippen LogP) is 3.19. The molecular weight excluding hydrogens is 352 g/mol. The minimum absolute atomic E-state index is 0.0395. The van der Waals surface area contributed by atoms with Gasteiger partial charge in [0.1, 0.15) is 5.78 Å². The summed E-state index contributed by atoms with van der Waals surface area (Å²) in [6.45, 7) is 1.52.